The highest BCUT2D eigenvalue weighted by atomic mass is 35.5. The zero-order chi connectivity index (χ0) is 8.32. The summed E-state index contributed by atoms with van der Waals surface area (Å²) in [5, 5.41) is 2.03. The van der Waals surface area contributed by atoms with Gasteiger partial charge in [0.25, 0.3) is 0 Å². The van der Waals surface area contributed by atoms with E-state index in [2.05, 4.69) is 0 Å². The molecule has 0 aromatic heterocycles. The van der Waals surface area contributed by atoms with Gasteiger partial charge in [-0.2, -0.15) is 0 Å². The van der Waals surface area contributed by atoms with Gasteiger partial charge >= 0.3 is 0 Å². The predicted molar refractivity (Wildman–Crippen MR) is 44.6 cm³/mol. The maximum atomic E-state index is 11.0. The first kappa shape index (κ1) is 9.29. The maximum absolute atomic E-state index is 11.0. The number of hydrogen-bond donors (Lipinski definition) is 1. The summed E-state index contributed by atoms with van der Waals surface area (Å²) in [6, 6.07) is 0.263. The Morgan fingerprint density at radius 1 is 1.55 bits per heavy atom. The van der Waals surface area contributed by atoms with Crippen LogP contribution in [0, 0.1) is 0 Å². The molecule has 1 fully saturated rings. The van der Waals surface area contributed by atoms with Crippen LogP contribution in [0.4, 0.5) is 0 Å². The lowest BCUT2D eigenvalue weighted by Gasteiger charge is -2.03. The molecule has 0 aliphatic carbocycles. The van der Waals surface area contributed by atoms with Crippen molar-refractivity contribution in [3.05, 3.63) is 0 Å². The Balaban J connectivity index is 2.31. The summed E-state index contributed by atoms with van der Waals surface area (Å²) in [4.78, 5) is 0. The van der Waals surface area contributed by atoms with Crippen molar-refractivity contribution in [3.8, 4) is 0 Å². The van der Waals surface area contributed by atoms with Gasteiger partial charge in [-0.05, 0) is 0 Å². The Kier molecular flexibility index (Phi) is 3.16. The van der Waals surface area contributed by atoms with Crippen LogP contribution in [-0.2, 0) is 9.84 Å². The molecule has 0 saturated carbocycles. The van der Waals surface area contributed by atoms with Crippen LogP contribution in [0.1, 0.15) is 6.42 Å². The van der Waals surface area contributed by atoms with Crippen LogP contribution >= 0.6 is 11.6 Å². The summed E-state index contributed by atoms with van der Waals surface area (Å²) in [7, 11) is -2.70. The van der Waals surface area contributed by atoms with E-state index < -0.39 is 9.84 Å². The average Bonchev–Trinajstić information content (AvgIpc) is 2.26. The van der Waals surface area contributed by atoms with E-state index in [1.165, 1.54) is 0 Å². The number of hydrogen-bond acceptors (Lipinski definition) is 2. The van der Waals surface area contributed by atoms with E-state index >= 15 is 0 Å². The van der Waals surface area contributed by atoms with Gasteiger partial charge in [-0.25, -0.2) is 8.42 Å². The van der Waals surface area contributed by atoms with Crippen molar-refractivity contribution in [2.75, 3.05) is 23.9 Å². The summed E-state index contributed by atoms with van der Waals surface area (Å²) in [6.07, 6.45) is 0.791. The molecule has 1 aliphatic rings. The van der Waals surface area contributed by atoms with Crippen molar-refractivity contribution in [1.82, 2.24) is 0 Å². The molecule has 1 saturated heterocycles. The molecular weight excluding hydrogens is 186 g/mol. The first-order valence-electron chi connectivity index (χ1n) is 3.74. The van der Waals surface area contributed by atoms with E-state index in [4.69, 9.17) is 11.6 Å². The fourth-order valence-electron chi connectivity index (χ4n) is 1.31. The lowest BCUT2D eigenvalue weighted by molar-refractivity contribution is -0.680. The maximum Gasteiger partial charge on any atom is 0.156 e. The monoisotopic (exact) mass is 198 g/mol. The third-order valence-electron chi connectivity index (χ3n) is 1.88. The Morgan fingerprint density at radius 3 is 2.73 bits per heavy atom. The summed E-state index contributed by atoms with van der Waals surface area (Å²) < 4.78 is 21.9. The number of alkyl halides is 1. The van der Waals surface area contributed by atoms with Gasteiger partial charge < -0.3 is 5.32 Å². The Labute approximate surface area is 72.0 Å². The van der Waals surface area contributed by atoms with E-state index in [0.717, 1.165) is 13.0 Å². The molecule has 1 rings (SSSR count). The van der Waals surface area contributed by atoms with E-state index in [1.807, 2.05) is 5.32 Å². The van der Waals surface area contributed by atoms with Gasteiger partial charge in [0.15, 0.2) is 9.84 Å². The van der Waals surface area contributed by atoms with Crippen LogP contribution in [-0.4, -0.2) is 38.4 Å². The van der Waals surface area contributed by atoms with Crippen molar-refractivity contribution in [1.29, 1.82) is 0 Å². The van der Waals surface area contributed by atoms with Crippen molar-refractivity contribution >= 4 is 21.4 Å². The number of sulfone groups is 1. The molecule has 66 valence electrons. The van der Waals surface area contributed by atoms with E-state index in [-0.39, 0.29) is 6.04 Å². The fourth-order valence-corrected chi connectivity index (χ4v) is 3.22. The van der Waals surface area contributed by atoms with Gasteiger partial charge in [0.2, 0.25) is 0 Å². The zero-order valence-corrected chi connectivity index (χ0v) is 7.87. The summed E-state index contributed by atoms with van der Waals surface area (Å²) in [6.45, 7) is 0.821. The second kappa shape index (κ2) is 3.74. The van der Waals surface area contributed by atoms with Gasteiger partial charge in [0.1, 0.15) is 11.8 Å². The minimum Gasteiger partial charge on any atom is -0.342 e. The summed E-state index contributed by atoms with van der Waals surface area (Å²) in [5.74, 6) is 1.29. The topological polar surface area (TPSA) is 50.8 Å². The van der Waals surface area contributed by atoms with Gasteiger partial charge in [-0.1, -0.05) is 0 Å². The molecule has 0 radical (unpaired) electrons. The third-order valence-corrected chi connectivity index (χ3v) is 3.89. The third kappa shape index (κ3) is 2.97. The number of halogens is 1. The minimum atomic E-state index is -2.70. The van der Waals surface area contributed by atoms with E-state index in [0.29, 0.717) is 17.4 Å². The Morgan fingerprint density at radius 2 is 2.27 bits per heavy atom. The van der Waals surface area contributed by atoms with Crippen molar-refractivity contribution in [3.63, 3.8) is 0 Å². The molecule has 2 N–H and O–H groups in total. The lowest BCUT2D eigenvalue weighted by Crippen LogP contribution is -2.91. The predicted octanol–water partition coefficient (Wildman–Crippen LogP) is -1.02. The lowest BCUT2D eigenvalue weighted by atomic mass is 10.3. The molecule has 11 heavy (non-hydrogen) atoms. The van der Waals surface area contributed by atoms with Crippen molar-refractivity contribution in [2.45, 2.75) is 12.5 Å². The molecule has 0 spiro atoms. The highest BCUT2D eigenvalue weighted by molar-refractivity contribution is 7.91. The fraction of sp³-hybridized carbons (Fsp3) is 1.00. The quantitative estimate of drug-likeness (QED) is 0.590. The molecule has 0 amide bonds. The Hall–Kier alpha value is 0.200. The summed E-state index contributed by atoms with van der Waals surface area (Å²) >= 11 is 5.47. The first-order chi connectivity index (χ1) is 5.14. The molecule has 3 nitrogen and oxygen atoms in total. The molecule has 0 unspecified atom stereocenters. The second-order valence-electron chi connectivity index (χ2n) is 2.88. The van der Waals surface area contributed by atoms with E-state index in [9.17, 15) is 8.42 Å². The smallest absolute Gasteiger partial charge is 0.156 e. The highest BCUT2D eigenvalue weighted by Crippen LogP contribution is 2.07. The van der Waals surface area contributed by atoms with Crippen LogP contribution in [0.2, 0.25) is 0 Å². The van der Waals surface area contributed by atoms with Crippen molar-refractivity contribution in [2.24, 2.45) is 0 Å². The molecule has 0 aromatic carbocycles. The molecule has 1 atom stereocenters. The molecule has 0 aromatic rings. The summed E-state index contributed by atoms with van der Waals surface area (Å²) in [5.41, 5.74) is 0. The second-order valence-corrected chi connectivity index (χ2v) is 5.48. The standard InChI is InChI=1S/C6H12ClNO2S/c7-2-3-8-6-1-4-11(9,10)5-6/h6,8H,1-5H2/p+1/t6-/m0/s1. The van der Waals surface area contributed by atoms with Crippen LogP contribution in [0.5, 0.6) is 0 Å². The molecule has 0 bridgehead atoms. The van der Waals surface area contributed by atoms with Gasteiger partial charge in [0, 0.05) is 6.42 Å². The average molecular weight is 199 g/mol. The number of quaternary nitrogens is 1. The Bertz CT molecular complexity index is 215. The van der Waals surface area contributed by atoms with Crippen LogP contribution < -0.4 is 5.32 Å². The number of nitrogens with two attached hydrogens (primary N) is 1. The molecule has 5 heteroatoms. The van der Waals surface area contributed by atoms with Crippen LogP contribution in [0.15, 0.2) is 0 Å². The van der Waals surface area contributed by atoms with Gasteiger partial charge in [-0.3, -0.25) is 0 Å². The first-order valence-corrected chi connectivity index (χ1v) is 6.09. The number of rotatable bonds is 3. The minimum absolute atomic E-state index is 0.263. The zero-order valence-electron chi connectivity index (χ0n) is 6.29. The molecule has 1 heterocycles. The normalized spacial score (nSPS) is 29.0. The van der Waals surface area contributed by atoms with Crippen LogP contribution in [0.25, 0.3) is 0 Å². The van der Waals surface area contributed by atoms with Crippen molar-refractivity contribution < 1.29 is 13.7 Å². The van der Waals surface area contributed by atoms with E-state index in [1.54, 1.807) is 0 Å². The largest absolute Gasteiger partial charge is 0.342 e. The van der Waals surface area contributed by atoms with Gasteiger partial charge in [0.05, 0.1) is 18.2 Å². The highest BCUT2D eigenvalue weighted by Gasteiger charge is 2.29. The molecule has 1 aliphatic heterocycles. The SMILES string of the molecule is O=S1(=O)CC[C@H]([NH2+]CCCl)C1. The van der Waals surface area contributed by atoms with Gasteiger partial charge in [-0.15, -0.1) is 11.6 Å². The van der Waals surface area contributed by atoms with Crippen LogP contribution in [0.3, 0.4) is 0 Å². The molecular formula is C6H13ClNO2S+.